The molecule has 1 N–H and O–H groups in total. The minimum atomic E-state index is 0.487. The van der Waals surface area contributed by atoms with Crippen LogP contribution < -0.4 is 0 Å². The Morgan fingerprint density at radius 3 is 2.78 bits per heavy atom. The number of nitrogens with zero attached hydrogens (tertiary/aromatic N) is 2. The Balaban J connectivity index is 2.08. The van der Waals surface area contributed by atoms with Crippen LogP contribution in [0.2, 0.25) is 5.02 Å². The minimum Gasteiger partial charge on any atom is -0.331 e. The summed E-state index contributed by atoms with van der Waals surface area (Å²) in [5.41, 5.74) is 2.20. The number of halogens is 1. The molecule has 0 bridgehead atoms. The maximum Gasteiger partial charge on any atom is 0.178 e. The molecule has 2 heterocycles. The third-order valence-electron chi connectivity index (χ3n) is 3.73. The van der Waals surface area contributed by atoms with Crippen LogP contribution in [0.4, 0.5) is 0 Å². The molecule has 1 aliphatic rings. The minimum absolute atomic E-state index is 0.487. The number of aromatic nitrogens is 2. The van der Waals surface area contributed by atoms with Gasteiger partial charge >= 0.3 is 0 Å². The van der Waals surface area contributed by atoms with Crippen molar-refractivity contribution in [2.24, 2.45) is 0 Å². The Morgan fingerprint density at radius 2 is 2.06 bits per heavy atom. The highest BCUT2D eigenvalue weighted by Gasteiger charge is 2.20. The molecule has 18 heavy (non-hydrogen) atoms. The number of aromatic amines is 1. The molecule has 1 aromatic carbocycles. The molecule has 1 aliphatic heterocycles. The molecule has 2 aromatic rings. The normalized spacial score (nSPS) is 18.6. The zero-order valence-electron chi connectivity index (χ0n) is 10.3. The van der Waals surface area contributed by atoms with E-state index in [4.69, 9.17) is 23.8 Å². The quantitative estimate of drug-likeness (QED) is 0.807. The third kappa shape index (κ3) is 2.09. The second kappa shape index (κ2) is 4.68. The first-order valence-corrected chi connectivity index (χ1v) is 7.02. The molecule has 0 unspecified atom stereocenters. The average Bonchev–Trinajstić information content (AvgIpc) is 2.66. The molecular formula is C13H16ClN3S. The lowest BCUT2D eigenvalue weighted by Gasteiger charge is -2.30. The molecular weight excluding hydrogens is 266 g/mol. The van der Waals surface area contributed by atoms with Crippen molar-refractivity contribution in [2.75, 3.05) is 20.1 Å². The molecule has 0 amide bonds. The smallest absolute Gasteiger partial charge is 0.178 e. The predicted molar refractivity (Wildman–Crippen MR) is 77.9 cm³/mol. The number of fused-ring (bicyclic) bond motifs is 1. The Labute approximate surface area is 116 Å². The Morgan fingerprint density at radius 1 is 1.33 bits per heavy atom. The lowest BCUT2D eigenvalue weighted by atomic mass is 10.1. The highest BCUT2D eigenvalue weighted by molar-refractivity contribution is 7.71. The monoisotopic (exact) mass is 281 g/mol. The van der Waals surface area contributed by atoms with Crippen LogP contribution in [0.3, 0.4) is 0 Å². The Bertz CT molecular complexity index is 623. The number of imidazole rings is 1. The molecule has 0 spiro atoms. The fourth-order valence-corrected chi connectivity index (χ4v) is 3.23. The first-order valence-electron chi connectivity index (χ1n) is 6.23. The van der Waals surface area contributed by atoms with Gasteiger partial charge in [0.25, 0.3) is 0 Å². The molecule has 0 aliphatic carbocycles. The van der Waals surface area contributed by atoms with E-state index in [1.165, 1.54) is 0 Å². The first kappa shape index (κ1) is 12.2. The van der Waals surface area contributed by atoms with Gasteiger partial charge in [-0.15, -0.1) is 0 Å². The van der Waals surface area contributed by atoms with Gasteiger partial charge < -0.3 is 14.5 Å². The van der Waals surface area contributed by atoms with Crippen molar-refractivity contribution in [1.29, 1.82) is 0 Å². The number of nitrogens with one attached hydrogen (secondary N) is 1. The third-order valence-corrected chi connectivity index (χ3v) is 4.27. The number of rotatable bonds is 1. The number of H-pyrrole nitrogens is 1. The standard InChI is InChI=1S/C13H16ClN3S/c1-16-6-4-10(5-7-16)17-12-8-9(14)2-3-11(12)15-13(17)18/h2-3,8,10H,4-7H2,1H3,(H,15,18). The molecule has 96 valence electrons. The highest BCUT2D eigenvalue weighted by atomic mass is 35.5. The predicted octanol–water partition coefficient (Wildman–Crippen LogP) is 3.62. The molecule has 0 saturated carbocycles. The van der Waals surface area contributed by atoms with Gasteiger partial charge in [-0.2, -0.15) is 0 Å². The highest BCUT2D eigenvalue weighted by Crippen LogP contribution is 2.28. The SMILES string of the molecule is CN1CCC(n2c(=S)[nH]c3ccc(Cl)cc32)CC1. The van der Waals surface area contributed by atoms with Crippen LogP contribution in [0.1, 0.15) is 18.9 Å². The lowest BCUT2D eigenvalue weighted by Crippen LogP contribution is -2.31. The topological polar surface area (TPSA) is 24.0 Å². The van der Waals surface area contributed by atoms with E-state index in [1.807, 2.05) is 18.2 Å². The second-order valence-electron chi connectivity index (χ2n) is 5.00. The van der Waals surface area contributed by atoms with Crippen LogP contribution in [0.25, 0.3) is 11.0 Å². The van der Waals surface area contributed by atoms with E-state index in [-0.39, 0.29) is 0 Å². The summed E-state index contributed by atoms with van der Waals surface area (Å²) in [7, 11) is 2.17. The van der Waals surface area contributed by atoms with E-state index in [9.17, 15) is 0 Å². The summed E-state index contributed by atoms with van der Waals surface area (Å²) in [6.07, 6.45) is 2.29. The summed E-state index contributed by atoms with van der Waals surface area (Å²) in [6, 6.07) is 6.38. The molecule has 3 nitrogen and oxygen atoms in total. The van der Waals surface area contributed by atoms with E-state index in [1.54, 1.807) is 0 Å². The van der Waals surface area contributed by atoms with Gasteiger partial charge in [-0.05, 0) is 63.4 Å². The zero-order chi connectivity index (χ0) is 12.7. The van der Waals surface area contributed by atoms with E-state index >= 15 is 0 Å². The van der Waals surface area contributed by atoms with Crippen molar-refractivity contribution in [1.82, 2.24) is 14.5 Å². The number of likely N-dealkylation sites (tertiary alicyclic amines) is 1. The fraction of sp³-hybridized carbons (Fsp3) is 0.462. The van der Waals surface area contributed by atoms with Crippen molar-refractivity contribution >= 4 is 34.9 Å². The van der Waals surface area contributed by atoms with Crippen LogP contribution in [0, 0.1) is 4.77 Å². The maximum atomic E-state index is 6.09. The van der Waals surface area contributed by atoms with Gasteiger partial charge in [-0.25, -0.2) is 0 Å². The van der Waals surface area contributed by atoms with Crippen LogP contribution in [-0.2, 0) is 0 Å². The molecule has 0 radical (unpaired) electrons. The van der Waals surface area contributed by atoms with E-state index in [0.29, 0.717) is 6.04 Å². The summed E-state index contributed by atoms with van der Waals surface area (Å²) < 4.78 is 3.05. The zero-order valence-corrected chi connectivity index (χ0v) is 11.9. The van der Waals surface area contributed by atoms with Gasteiger partial charge in [0.2, 0.25) is 0 Å². The Kier molecular flexibility index (Phi) is 3.18. The summed E-state index contributed by atoms with van der Waals surface area (Å²) in [6.45, 7) is 2.25. The summed E-state index contributed by atoms with van der Waals surface area (Å²) in [5.74, 6) is 0. The number of hydrogen-bond donors (Lipinski definition) is 1. The van der Waals surface area contributed by atoms with Crippen molar-refractivity contribution < 1.29 is 0 Å². The van der Waals surface area contributed by atoms with Gasteiger partial charge in [0.15, 0.2) is 4.77 Å². The van der Waals surface area contributed by atoms with E-state index < -0.39 is 0 Å². The van der Waals surface area contributed by atoms with E-state index in [2.05, 4.69) is 21.5 Å². The average molecular weight is 282 g/mol. The fourth-order valence-electron chi connectivity index (χ4n) is 2.71. The summed E-state index contributed by atoms with van der Waals surface area (Å²) >= 11 is 11.5. The summed E-state index contributed by atoms with van der Waals surface area (Å²) in [5, 5.41) is 0.762. The largest absolute Gasteiger partial charge is 0.331 e. The van der Waals surface area contributed by atoms with Crippen molar-refractivity contribution in [3.8, 4) is 0 Å². The van der Waals surface area contributed by atoms with Crippen LogP contribution in [0.15, 0.2) is 18.2 Å². The van der Waals surface area contributed by atoms with Crippen LogP contribution >= 0.6 is 23.8 Å². The van der Waals surface area contributed by atoms with Crippen LogP contribution in [-0.4, -0.2) is 34.6 Å². The lowest BCUT2D eigenvalue weighted by molar-refractivity contribution is 0.223. The number of hydrogen-bond acceptors (Lipinski definition) is 2. The van der Waals surface area contributed by atoms with Gasteiger partial charge in [0.1, 0.15) is 0 Å². The van der Waals surface area contributed by atoms with Crippen molar-refractivity contribution in [2.45, 2.75) is 18.9 Å². The molecule has 1 fully saturated rings. The van der Waals surface area contributed by atoms with Crippen LogP contribution in [0.5, 0.6) is 0 Å². The van der Waals surface area contributed by atoms with E-state index in [0.717, 1.165) is 46.8 Å². The molecule has 3 rings (SSSR count). The Hall–Kier alpha value is -0.840. The maximum absolute atomic E-state index is 6.09. The first-order chi connectivity index (χ1) is 8.65. The number of piperidine rings is 1. The van der Waals surface area contributed by atoms with Gasteiger partial charge in [-0.3, -0.25) is 0 Å². The van der Waals surface area contributed by atoms with Crippen molar-refractivity contribution in [3.63, 3.8) is 0 Å². The van der Waals surface area contributed by atoms with Crippen molar-refractivity contribution in [3.05, 3.63) is 28.0 Å². The summed E-state index contributed by atoms with van der Waals surface area (Å²) in [4.78, 5) is 5.63. The van der Waals surface area contributed by atoms with Gasteiger partial charge in [-0.1, -0.05) is 11.6 Å². The molecule has 5 heteroatoms. The molecule has 1 saturated heterocycles. The number of benzene rings is 1. The second-order valence-corrected chi connectivity index (χ2v) is 5.82. The molecule has 1 aromatic heterocycles. The van der Waals surface area contributed by atoms with Gasteiger partial charge in [0, 0.05) is 11.1 Å². The molecule has 0 atom stereocenters. The van der Waals surface area contributed by atoms with Gasteiger partial charge in [0.05, 0.1) is 11.0 Å².